The Morgan fingerprint density at radius 2 is 2.45 bits per heavy atom. The third-order valence-electron chi connectivity index (χ3n) is 3.95. The molecule has 3 heterocycles. The molecule has 1 aliphatic heterocycles. The number of piperidine rings is 1. The summed E-state index contributed by atoms with van der Waals surface area (Å²) in [5.41, 5.74) is 0.994. The van der Waals surface area contributed by atoms with Gasteiger partial charge >= 0.3 is 0 Å². The van der Waals surface area contributed by atoms with Crippen LogP contribution in [0.15, 0.2) is 28.1 Å². The van der Waals surface area contributed by atoms with Gasteiger partial charge in [-0.3, -0.25) is 4.90 Å². The van der Waals surface area contributed by atoms with Gasteiger partial charge in [-0.2, -0.15) is 0 Å². The van der Waals surface area contributed by atoms with Crippen molar-refractivity contribution in [1.29, 1.82) is 0 Å². The summed E-state index contributed by atoms with van der Waals surface area (Å²) >= 11 is 1.66. The van der Waals surface area contributed by atoms with Gasteiger partial charge in [0, 0.05) is 31.2 Å². The summed E-state index contributed by atoms with van der Waals surface area (Å²) in [4.78, 5) is 3.47. The van der Waals surface area contributed by atoms with Crippen LogP contribution in [0.5, 0.6) is 0 Å². The van der Waals surface area contributed by atoms with Crippen LogP contribution in [-0.4, -0.2) is 34.9 Å². The number of aromatic nitrogens is 1. The molecule has 0 aromatic carbocycles. The summed E-state index contributed by atoms with van der Waals surface area (Å²) in [5.74, 6) is 0.844. The first-order valence-electron chi connectivity index (χ1n) is 7.01. The molecule has 20 heavy (non-hydrogen) atoms. The Morgan fingerprint density at radius 3 is 3.20 bits per heavy atom. The fraction of sp³-hybridized carbons (Fsp3) is 0.533. The second kappa shape index (κ2) is 5.68. The lowest BCUT2D eigenvalue weighted by Crippen LogP contribution is -2.43. The average Bonchev–Trinajstić information content (AvgIpc) is 3.09. The zero-order valence-corrected chi connectivity index (χ0v) is 12.5. The maximum atomic E-state index is 9.50. The van der Waals surface area contributed by atoms with E-state index in [1.165, 1.54) is 0 Å². The Bertz CT molecular complexity index is 552. The summed E-state index contributed by atoms with van der Waals surface area (Å²) in [7, 11) is 0. The molecule has 1 saturated heterocycles. The van der Waals surface area contributed by atoms with E-state index in [0.717, 1.165) is 48.8 Å². The predicted molar refractivity (Wildman–Crippen MR) is 79.5 cm³/mol. The maximum absolute atomic E-state index is 9.50. The zero-order chi connectivity index (χ0) is 14.0. The van der Waals surface area contributed by atoms with Crippen LogP contribution in [0.3, 0.4) is 0 Å². The Labute approximate surface area is 123 Å². The summed E-state index contributed by atoms with van der Waals surface area (Å²) in [6.07, 6.45) is 2.23. The SMILES string of the molecule is CC1(CO)CCCN(Cc2cc(-c3cccs3)on2)C1. The minimum Gasteiger partial charge on any atom is -0.396 e. The molecule has 0 amide bonds. The molecular weight excluding hydrogens is 272 g/mol. The van der Waals surface area contributed by atoms with E-state index in [0.29, 0.717) is 0 Å². The van der Waals surface area contributed by atoms with Gasteiger partial charge in [0.15, 0.2) is 5.76 Å². The monoisotopic (exact) mass is 292 g/mol. The van der Waals surface area contributed by atoms with Crippen molar-refractivity contribution in [3.8, 4) is 10.6 Å². The van der Waals surface area contributed by atoms with E-state index >= 15 is 0 Å². The normalized spacial score (nSPS) is 24.1. The first-order valence-corrected chi connectivity index (χ1v) is 7.89. The van der Waals surface area contributed by atoms with Gasteiger partial charge in [-0.25, -0.2) is 0 Å². The van der Waals surface area contributed by atoms with E-state index in [4.69, 9.17) is 4.52 Å². The Morgan fingerprint density at radius 1 is 1.55 bits per heavy atom. The number of likely N-dealkylation sites (tertiary alicyclic amines) is 1. The van der Waals surface area contributed by atoms with Crippen molar-refractivity contribution in [3.05, 3.63) is 29.3 Å². The largest absolute Gasteiger partial charge is 0.396 e. The first kappa shape index (κ1) is 13.8. The van der Waals surface area contributed by atoms with E-state index in [2.05, 4.69) is 17.0 Å². The van der Waals surface area contributed by atoms with Crippen LogP contribution in [0.2, 0.25) is 0 Å². The van der Waals surface area contributed by atoms with Crippen molar-refractivity contribution in [2.75, 3.05) is 19.7 Å². The van der Waals surface area contributed by atoms with E-state index in [1.54, 1.807) is 11.3 Å². The smallest absolute Gasteiger partial charge is 0.177 e. The lowest BCUT2D eigenvalue weighted by Gasteiger charge is -2.38. The number of aliphatic hydroxyl groups excluding tert-OH is 1. The minimum absolute atomic E-state index is 0.0264. The van der Waals surface area contributed by atoms with Crippen molar-refractivity contribution in [2.24, 2.45) is 5.41 Å². The number of nitrogens with zero attached hydrogens (tertiary/aromatic N) is 2. The zero-order valence-electron chi connectivity index (χ0n) is 11.7. The van der Waals surface area contributed by atoms with Gasteiger partial charge in [-0.15, -0.1) is 11.3 Å². The highest BCUT2D eigenvalue weighted by molar-refractivity contribution is 7.13. The van der Waals surface area contributed by atoms with Gasteiger partial charge in [0.25, 0.3) is 0 Å². The highest BCUT2D eigenvalue weighted by Gasteiger charge is 2.30. The van der Waals surface area contributed by atoms with Crippen molar-refractivity contribution in [3.63, 3.8) is 0 Å². The molecule has 0 radical (unpaired) electrons. The van der Waals surface area contributed by atoms with Crippen molar-refractivity contribution in [2.45, 2.75) is 26.3 Å². The van der Waals surface area contributed by atoms with E-state index < -0.39 is 0 Å². The molecule has 0 saturated carbocycles. The topological polar surface area (TPSA) is 49.5 Å². The molecule has 1 N–H and O–H groups in total. The average molecular weight is 292 g/mol. The van der Waals surface area contributed by atoms with Crippen LogP contribution in [0, 0.1) is 5.41 Å². The Balaban J connectivity index is 1.66. The van der Waals surface area contributed by atoms with Crippen LogP contribution < -0.4 is 0 Å². The van der Waals surface area contributed by atoms with Crippen molar-refractivity contribution in [1.82, 2.24) is 10.1 Å². The predicted octanol–water partition coefficient (Wildman–Crippen LogP) is 3.00. The molecule has 4 nitrogen and oxygen atoms in total. The highest BCUT2D eigenvalue weighted by Crippen LogP contribution is 2.30. The number of hydrogen-bond donors (Lipinski definition) is 1. The molecule has 2 aromatic rings. The molecule has 108 valence electrons. The standard InChI is InChI=1S/C15H20N2O2S/c1-15(11-18)5-3-6-17(10-15)9-12-8-13(19-16-12)14-4-2-7-20-14/h2,4,7-8,18H,3,5-6,9-11H2,1H3. The van der Waals surface area contributed by atoms with E-state index in [-0.39, 0.29) is 12.0 Å². The van der Waals surface area contributed by atoms with Gasteiger partial charge in [-0.1, -0.05) is 18.1 Å². The van der Waals surface area contributed by atoms with Crippen LogP contribution in [0.25, 0.3) is 10.6 Å². The quantitative estimate of drug-likeness (QED) is 0.941. The molecular formula is C15H20N2O2S. The molecule has 0 aliphatic carbocycles. The number of aliphatic hydroxyl groups is 1. The number of thiophene rings is 1. The molecule has 3 rings (SSSR count). The summed E-state index contributed by atoms with van der Waals surface area (Å²) < 4.78 is 5.41. The Kier molecular flexibility index (Phi) is 3.92. The third-order valence-corrected chi connectivity index (χ3v) is 4.83. The van der Waals surface area contributed by atoms with Gasteiger partial charge in [-0.05, 0) is 30.8 Å². The van der Waals surface area contributed by atoms with Crippen molar-refractivity contribution < 1.29 is 9.63 Å². The summed E-state index contributed by atoms with van der Waals surface area (Å²) in [5, 5.41) is 15.7. The molecule has 0 spiro atoms. The highest BCUT2D eigenvalue weighted by atomic mass is 32.1. The molecule has 5 heteroatoms. The second-order valence-electron chi connectivity index (χ2n) is 5.94. The summed E-state index contributed by atoms with van der Waals surface area (Å²) in [6, 6.07) is 6.08. The van der Waals surface area contributed by atoms with Crippen molar-refractivity contribution >= 4 is 11.3 Å². The molecule has 2 aromatic heterocycles. The molecule has 1 aliphatic rings. The summed E-state index contributed by atoms with van der Waals surface area (Å²) in [6.45, 7) is 5.19. The van der Waals surface area contributed by atoms with E-state index in [9.17, 15) is 5.11 Å². The lowest BCUT2D eigenvalue weighted by atomic mass is 9.83. The maximum Gasteiger partial charge on any atom is 0.177 e. The Hall–Kier alpha value is -1.17. The van der Waals surface area contributed by atoms with Crippen LogP contribution in [0.1, 0.15) is 25.5 Å². The third kappa shape index (κ3) is 2.95. The first-order chi connectivity index (χ1) is 9.68. The number of rotatable bonds is 4. The molecule has 1 fully saturated rings. The molecule has 0 bridgehead atoms. The van der Waals surface area contributed by atoms with Crippen LogP contribution in [0.4, 0.5) is 0 Å². The fourth-order valence-corrected chi connectivity index (χ4v) is 3.51. The van der Waals surface area contributed by atoms with Gasteiger partial charge in [0.1, 0.15) is 0 Å². The van der Waals surface area contributed by atoms with Gasteiger partial charge < -0.3 is 9.63 Å². The van der Waals surface area contributed by atoms with Crippen LogP contribution in [-0.2, 0) is 6.54 Å². The number of hydrogen-bond acceptors (Lipinski definition) is 5. The van der Waals surface area contributed by atoms with Crippen LogP contribution >= 0.6 is 11.3 Å². The minimum atomic E-state index is 0.0264. The van der Waals surface area contributed by atoms with Gasteiger partial charge in [0.05, 0.1) is 10.6 Å². The molecule has 1 atom stereocenters. The fourth-order valence-electron chi connectivity index (χ4n) is 2.84. The van der Waals surface area contributed by atoms with E-state index in [1.807, 2.05) is 23.6 Å². The van der Waals surface area contributed by atoms with Gasteiger partial charge in [0.2, 0.25) is 0 Å². The second-order valence-corrected chi connectivity index (χ2v) is 6.89. The molecule has 1 unspecified atom stereocenters. The lowest BCUT2D eigenvalue weighted by molar-refractivity contribution is 0.0419.